The van der Waals surface area contributed by atoms with Gasteiger partial charge in [-0.3, -0.25) is 4.79 Å². The Kier molecular flexibility index (Phi) is 6.06. The quantitative estimate of drug-likeness (QED) is 0.571. The van der Waals surface area contributed by atoms with Crippen molar-refractivity contribution in [3.8, 4) is 0 Å². The molecule has 1 amide bonds. The Labute approximate surface area is 173 Å². The van der Waals surface area contributed by atoms with Gasteiger partial charge >= 0.3 is 0 Å². The lowest BCUT2D eigenvalue weighted by Crippen LogP contribution is -2.21. The van der Waals surface area contributed by atoms with E-state index in [1.165, 1.54) is 18.2 Å². The van der Waals surface area contributed by atoms with Crippen molar-refractivity contribution < 1.29 is 21.6 Å². The van der Waals surface area contributed by atoms with Gasteiger partial charge in [0.1, 0.15) is 5.75 Å². The Hall–Kier alpha value is -2.30. The smallest absolute Gasteiger partial charge is 0.263 e. The van der Waals surface area contributed by atoms with Gasteiger partial charge in [-0.15, -0.1) is 0 Å². The minimum Gasteiger partial charge on any atom is -0.316 e. The predicted octanol–water partition coefficient (Wildman–Crippen LogP) is 2.42. The van der Waals surface area contributed by atoms with Crippen LogP contribution in [-0.4, -0.2) is 39.3 Å². The summed E-state index contributed by atoms with van der Waals surface area (Å²) in [6.07, 6.45) is 1.90. The normalized spacial score (nSPS) is 13.1. The first-order chi connectivity index (χ1) is 13.6. The number of carbonyl (C=O) groups is 1. The highest BCUT2D eigenvalue weighted by atomic mass is 32.2. The number of fused-ring (bicyclic) bond motifs is 1. The van der Waals surface area contributed by atoms with E-state index in [0.717, 1.165) is 29.5 Å². The fourth-order valence-electron chi connectivity index (χ4n) is 2.82. The number of amides is 1. The molecule has 0 atom stereocenters. The van der Waals surface area contributed by atoms with Gasteiger partial charge in [0.05, 0.1) is 20.0 Å². The fourth-order valence-corrected chi connectivity index (χ4v) is 5.78. The molecule has 0 radical (unpaired) electrons. The lowest BCUT2D eigenvalue weighted by Gasteiger charge is -2.04. The van der Waals surface area contributed by atoms with Gasteiger partial charge in [-0.2, -0.15) is 4.99 Å². The van der Waals surface area contributed by atoms with Crippen molar-refractivity contribution in [2.24, 2.45) is 4.99 Å². The van der Waals surface area contributed by atoms with Crippen molar-refractivity contribution in [1.82, 2.24) is 4.57 Å². The van der Waals surface area contributed by atoms with E-state index in [1.807, 2.05) is 6.92 Å². The van der Waals surface area contributed by atoms with E-state index in [2.05, 4.69) is 4.99 Å². The summed E-state index contributed by atoms with van der Waals surface area (Å²) in [7, 11) is -7.16. The number of aromatic nitrogens is 1. The molecule has 3 rings (SSSR count). The first-order valence-electron chi connectivity index (χ1n) is 8.80. The molecule has 0 aliphatic carbocycles. The van der Waals surface area contributed by atoms with Crippen LogP contribution in [0.2, 0.25) is 0 Å². The summed E-state index contributed by atoms with van der Waals surface area (Å²) in [6, 6.07) is 12.5. The van der Waals surface area contributed by atoms with E-state index >= 15 is 0 Å². The van der Waals surface area contributed by atoms with Crippen LogP contribution in [0.4, 0.5) is 0 Å². The molecule has 0 aliphatic heterocycles. The van der Waals surface area contributed by atoms with Crippen molar-refractivity contribution in [1.29, 1.82) is 0 Å². The second-order valence-corrected chi connectivity index (χ2v) is 11.5. The van der Waals surface area contributed by atoms with Crippen LogP contribution in [0.3, 0.4) is 0 Å². The Balaban J connectivity index is 2.04. The molecule has 1 heterocycles. The van der Waals surface area contributed by atoms with Gasteiger partial charge in [-0.1, -0.05) is 36.5 Å². The average Bonchev–Trinajstić information content (AvgIpc) is 2.98. The number of aryl methyl sites for hydroxylation is 1. The third kappa shape index (κ3) is 4.82. The Bertz CT molecular complexity index is 1340. The van der Waals surface area contributed by atoms with Gasteiger partial charge in [0.15, 0.2) is 24.5 Å². The molecular formula is C19H20N2O5S3. The maximum absolute atomic E-state index is 12.4. The summed E-state index contributed by atoms with van der Waals surface area (Å²) in [6.45, 7) is 2.53. The van der Waals surface area contributed by atoms with Crippen LogP contribution in [0.15, 0.2) is 63.3 Å². The van der Waals surface area contributed by atoms with Gasteiger partial charge in [-0.05, 0) is 36.8 Å². The van der Waals surface area contributed by atoms with Gasteiger partial charge < -0.3 is 4.57 Å². The Morgan fingerprint density at radius 1 is 1.03 bits per heavy atom. The number of thiazole rings is 1. The second-order valence-electron chi connectivity index (χ2n) is 6.52. The van der Waals surface area contributed by atoms with Gasteiger partial charge in [-0.25, -0.2) is 16.8 Å². The molecule has 0 spiro atoms. The second kappa shape index (κ2) is 8.21. The van der Waals surface area contributed by atoms with Crippen LogP contribution >= 0.6 is 11.3 Å². The highest BCUT2D eigenvalue weighted by Crippen LogP contribution is 2.22. The molecule has 3 aromatic rings. The van der Waals surface area contributed by atoms with Crippen molar-refractivity contribution in [2.75, 3.05) is 12.0 Å². The molecule has 0 aliphatic rings. The molecule has 0 saturated carbocycles. The van der Waals surface area contributed by atoms with E-state index in [-0.39, 0.29) is 9.79 Å². The third-order valence-electron chi connectivity index (χ3n) is 4.17. The molecule has 7 nitrogen and oxygen atoms in total. The highest BCUT2D eigenvalue weighted by molar-refractivity contribution is 7.92. The number of benzene rings is 2. The number of hydrogen-bond donors (Lipinski definition) is 0. The topological polar surface area (TPSA) is 103 Å². The molecule has 0 fully saturated rings. The summed E-state index contributed by atoms with van der Waals surface area (Å²) in [5.41, 5.74) is 0.752. The number of rotatable bonds is 6. The zero-order valence-electron chi connectivity index (χ0n) is 15.9. The molecule has 1 aromatic heterocycles. The van der Waals surface area contributed by atoms with E-state index in [4.69, 9.17) is 0 Å². The fraction of sp³-hybridized carbons (Fsp3) is 0.263. The first-order valence-corrected chi connectivity index (χ1v) is 13.2. The van der Waals surface area contributed by atoms with Crippen LogP contribution < -0.4 is 4.80 Å². The monoisotopic (exact) mass is 452 g/mol. The number of hydrogen-bond acceptors (Lipinski definition) is 6. The van der Waals surface area contributed by atoms with E-state index in [0.29, 0.717) is 16.0 Å². The third-order valence-corrected chi connectivity index (χ3v) is 7.93. The number of nitrogens with zero attached hydrogens (tertiary/aromatic N) is 2. The number of sulfone groups is 2. The molecule has 154 valence electrons. The Morgan fingerprint density at radius 3 is 2.34 bits per heavy atom. The van der Waals surface area contributed by atoms with E-state index < -0.39 is 31.3 Å². The zero-order chi connectivity index (χ0) is 21.2. The first kappa shape index (κ1) is 21.4. The van der Waals surface area contributed by atoms with Crippen LogP contribution in [0.25, 0.3) is 10.2 Å². The molecule has 2 aromatic carbocycles. The Morgan fingerprint density at radius 2 is 1.72 bits per heavy atom. The van der Waals surface area contributed by atoms with Crippen LogP contribution in [0.5, 0.6) is 0 Å². The lowest BCUT2D eigenvalue weighted by atomic mass is 10.3. The minimum absolute atomic E-state index is 0.0686. The summed E-state index contributed by atoms with van der Waals surface area (Å²) in [5, 5.41) is 0. The van der Waals surface area contributed by atoms with Crippen molar-refractivity contribution in [3.63, 3.8) is 0 Å². The van der Waals surface area contributed by atoms with Crippen LogP contribution in [-0.2, 0) is 31.0 Å². The lowest BCUT2D eigenvalue weighted by molar-refractivity contribution is -0.115. The minimum atomic E-state index is -3.79. The maximum Gasteiger partial charge on any atom is 0.263 e. The van der Waals surface area contributed by atoms with Gasteiger partial charge in [0.25, 0.3) is 5.91 Å². The molecule has 29 heavy (non-hydrogen) atoms. The van der Waals surface area contributed by atoms with Crippen LogP contribution in [0, 0.1) is 0 Å². The summed E-state index contributed by atoms with van der Waals surface area (Å²) >= 11 is 1.16. The molecule has 0 N–H and O–H groups in total. The number of carbonyl (C=O) groups excluding carboxylic acids is 1. The predicted molar refractivity (Wildman–Crippen MR) is 112 cm³/mol. The average molecular weight is 453 g/mol. The van der Waals surface area contributed by atoms with Crippen molar-refractivity contribution in [3.05, 3.63) is 53.3 Å². The van der Waals surface area contributed by atoms with E-state index in [9.17, 15) is 21.6 Å². The van der Waals surface area contributed by atoms with E-state index in [1.54, 1.807) is 34.9 Å². The largest absolute Gasteiger partial charge is 0.316 e. The zero-order valence-corrected chi connectivity index (χ0v) is 18.4. The molecule has 10 heteroatoms. The van der Waals surface area contributed by atoms with Crippen molar-refractivity contribution >= 4 is 47.1 Å². The summed E-state index contributed by atoms with van der Waals surface area (Å²) in [4.78, 5) is 17.0. The maximum atomic E-state index is 12.4. The molecule has 0 saturated heterocycles. The molecule has 0 bridgehead atoms. The van der Waals surface area contributed by atoms with Gasteiger partial charge in [0, 0.05) is 12.8 Å². The van der Waals surface area contributed by atoms with Gasteiger partial charge in [0.2, 0.25) is 0 Å². The summed E-state index contributed by atoms with van der Waals surface area (Å²) < 4.78 is 50.9. The van der Waals surface area contributed by atoms with Crippen LogP contribution in [0.1, 0.15) is 13.3 Å². The molecular weight excluding hydrogens is 432 g/mol. The standard InChI is InChI=1S/C19H20N2O5S3/c1-3-11-21-16-10-9-15(28(2,23)24)12-17(16)27-19(21)20-18(22)13-29(25,26)14-7-5-4-6-8-14/h4-10,12H,3,11,13H2,1-2H3. The molecule has 0 unspecified atom stereocenters. The SMILES string of the molecule is CCCn1c(=NC(=O)CS(=O)(=O)c2ccccc2)sc2cc(S(C)(=O)=O)ccc21. The van der Waals surface area contributed by atoms with Crippen molar-refractivity contribution in [2.45, 2.75) is 29.7 Å². The highest BCUT2D eigenvalue weighted by Gasteiger charge is 2.19. The summed E-state index contributed by atoms with van der Waals surface area (Å²) in [5.74, 6) is -1.50.